The number of carbonyl (C=O) groups excluding carboxylic acids is 2. The maximum absolute atomic E-state index is 12.6. The summed E-state index contributed by atoms with van der Waals surface area (Å²) >= 11 is 1.55. The first-order valence-corrected chi connectivity index (χ1v) is 8.56. The zero-order valence-corrected chi connectivity index (χ0v) is 14.2. The summed E-state index contributed by atoms with van der Waals surface area (Å²) in [6.07, 6.45) is 3.29. The van der Waals surface area contributed by atoms with Crippen LogP contribution in [0.2, 0.25) is 0 Å². The number of hydrogen-bond donors (Lipinski definition) is 1. The average Bonchev–Trinajstić information content (AvgIpc) is 3.14. The smallest absolute Gasteiger partial charge is 0.262 e. The summed E-state index contributed by atoms with van der Waals surface area (Å²) in [5.41, 5.74) is 2.08. The second-order valence-corrected chi connectivity index (χ2v) is 7.10. The van der Waals surface area contributed by atoms with Gasteiger partial charge in [-0.05, 0) is 36.5 Å². The normalized spacial score (nSPS) is 14.2. The number of carbonyl (C=O) groups is 2. The van der Waals surface area contributed by atoms with E-state index in [0.717, 1.165) is 18.4 Å². The first kappa shape index (κ1) is 15.7. The van der Waals surface area contributed by atoms with Crippen molar-refractivity contribution in [3.05, 3.63) is 57.3 Å². The Morgan fingerprint density at radius 2 is 1.91 bits per heavy atom. The molecular weight excluding hydrogens is 308 g/mol. The third-order valence-corrected chi connectivity index (χ3v) is 5.30. The third-order valence-electron chi connectivity index (χ3n) is 4.07. The number of amides is 2. The van der Waals surface area contributed by atoms with Gasteiger partial charge in [0.05, 0.1) is 4.88 Å². The van der Waals surface area contributed by atoms with Crippen molar-refractivity contribution in [1.82, 2.24) is 10.2 Å². The van der Waals surface area contributed by atoms with Crippen LogP contribution in [0.1, 0.15) is 38.1 Å². The predicted molar refractivity (Wildman–Crippen MR) is 91.7 cm³/mol. The van der Waals surface area contributed by atoms with Crippen molar-refractivity contribution in [2.24, 2.45) is 0 Å². The summed E-state index contributed by atoms with van der Waals surface area (Å²) in [7, 11) is 3.40. The van der Waals surface area contributed by atoms with Gasteiger partial charge < -0.3 is 10.2 Å². The van der Waals surface area contributed by atoms with E-state index >= 15 is 0 Å². The Labute approximate surface area is 140 Å². The molecule has 120 valence electrons. The minimum Gasteiger partial charge on any atom is -0.347 e. The van der Waals surface area contributed by atoms with Gasteiger partial charge in [0, 0.05) is 19.0 Å². The van der Waals surface area contributed by atoms with Crippen LogP contribution < -0.4 is 5.32 Å². The molecule has 1 unspecified atom stereocenters. The molecular formula is C18H20N2O2S. The summed E-state index contributed by atoms with van der Waals surface area (Å²) in [5, 5.41) is 2.90. The van der Waals surface area contributed by atoms with E-state index in [0.29, 0.717) is 4.88 Å². The maximum Gasteiger partial charge on any atom is 0.262 e. The molecule has 0 saturated heterocycles. The summed E-state index contributed by atoms with van der Waals surface area (Å²) in [6.45, 7) is 0. The van der Waals surface area contributed by atoms with Gasteiger partial charge in [-0.25, -0.2) is 0 Å². The van der Waals surface area contributed by atoms with E-state index < -0.39 is 6.04 Å². The fourth-order valence-corrected chi connectivity index (χ4v) is 3.99. The Kier molecular flexibility index (Phi) is 4.48. The molecule has 1 heterocycles. The summed E-state index contributed by atoms with van der Waals surface area (Å²) < 4.78 is 0. The molecule has 2 amide bonds. The van der Waals surface area contributed by atoms with E-state index in [1.807, 2.05) is 36.4 Å². The van der Waals surface area contributed by atoms with Gasteiger partial charge in [-0.2, -0.15) is 0 Å². The van der Waals surface area contributed by atoms with Gasteiger partial charge in [0.1, 0.15) is 6.04 Å². The Hall–Kier alpha value is -2.14. The average molecular weight is 328 g/mol. The Morgan fingerprint density at radius 1 is 1.17 bits per heavy atom. The van der Waals surface area contributed by atoms with Crippen LogP contribution in [-0.4, -0.2) is 30.8 Å². The Balaban J connectivity index is 1.82. The van der Waals surface area contributed by atoms with Crippen molar-refractivity contribution in [2.75, 3.05) is 14.1 Å². The number of fused-ring (bicyclic) bond motifs is 1. The summed E-state index contributed by atoms with van der Waals surface area (Å²) in [4.78, 5) is 28.6. The van der Waals surface area contributed by atoms with Gasteiger partial charge in [-0.15, -0.1) is 11.3 Å². The second-order valence-electron chi connectivity index (χ2n) is 5.96. The standard InChI is InChI=1S/C18H20N2O2S/c1-20(2)18(22)16(12-7-4-3-5-8-12)19-17(21)15-11-13-9-6-10-14(13)23-15/h3-5,7-8,11,16H,6,9-10H2,1-2H3,(H,19,21). The number of benzene rings is 1. The molecule has 0 fully saturated rings. The van der Waals surface area contributed by atoms with Crippen molar-refractivity contribution >= 4 is 23.2 Å². The molecule has 0 bridgehead atoms. The van der Waals surface area contributed by atoms with Gasteiger partial charge in [0.25, 0.3) is 5.91 Å². The molecule has 1 aromatic carbocycles. The van der Waals surface area contributed by atoms with E-state index in [-0.39, 0.29) is 11.8 Å². The number of nitrogens with one attached hydrogen (secondary N) is 1. The largest absolute Gasteiger partial charge is 0.347 e. The fourth-order valence-electron chi connectivity index (χ4n) is 2.83. The van der Waals surface area contributed by atoms with Crippen molar-refractivity contribution in [2.45, 2.75) is 25.3 Å². The van der Waals surface area contributed by atoms with Gasteiger partial charge in [0.2, 0.25) is 5.91 Å². The number of likely N-dealkylation sites (N-methyl/N-ethyl adjacent to an activating group) is 1. The van der Waals surface area contributed by atoms with E-state index in [1.165, 1.54) is 21.8 Å². The number of rotatable bonds is 4. The van der Waals surface area contributed by atoms with E-state index in [4.69, 9.17) is 0 Å². The van der Waals surface area contributed by atoms with Gasteiger partial charge >= 0.3 is 0 Å². The van der Waals surface area contributed by atoms with Crippen LogP contribution in [0.4, 0.5) is 0 Å². The van der Waals surface area contributed by atoms with E-state index in [9.17, 15) is 9.59 Å². The van der Waals surface area contributed by atoms with E-state index in [2.05, 4.69) is 5.32 Å². The third kappa shape index (κ3) is 3.29. The highest BCUT2D eigenvalue weighted by molar-refractivity contribution is 7.14. The van der Waals surface area contributed by atoms with E-state index in [1.54, 1.807) is 25.4 Å². The lowest BCUT2D eigenvalue weighted by Crippen LogP contribution is -2.39. The molecule has 2 aromatic rings. The van der Waals surface area contributed by atoms with Crippen molar-refractivity contribution in [1.29, 1.82) is 0 Å². The predicted octanol–water partition coefficient (Wildman–Crippen LogP) is 2.80. The zero-order chi connectivity index (χ0) is 16.4. The number of thiophene rings is 1. The van der Waals surface area contributed by atoms with Gasteiger partial charge in [0.15, 0.2) is 0 Å². The lowest BCUT2D eigenvalue weighted by molar-refractivity contribution is -0.130. The molecule has 3 rings (SSSR count). The minimum atomic E-state index is -0.657. The number of aryl methyl sites for hydroxylation is 2. The Bertz CT molecular complexity index is 700. The number of nitrogens with zero attached hydrogens (tertiary/aromatic N) is 1. The Morgan fingerprint density at radius 3 is 2.57 bits per heavy atom. The van der Waals surface area contributed by atoms with Gasteiger partial charge in [-0.3, -0.25) is 9.59 Å². The zero-order valence-electron chi connectivity index (χ0n) is 13.3. The molecule has 0 aliphatic heterocycles. The first-order valence-electron chi connectivity index (χ1n) is 7.75. The molecule has 1 aromatic heterocycles. The quantitative estimate of drug-likeness (QED) is 0.938. The van der Waals surface area contributed by atoms with Crippen LogP contribution in [0.3, 0.4) is 0 Å². The van der Waals surface area contributed by atoms with Crippen molar-refractivity contribution < 1.29 is 9.59 Å². The van der Waals surface area contributed by atoms with Gasteiger partial charge in [-0.1, -0.05) is 30.3 Å². The first-order chi connectivity index (χ1) is 11.1. The lowest BCUT2D eigenvalue weighted by Gasteiger charge is -2.21. The van der Waals surface area contributed by atoms with Crippen LogP contribution in [0, 0.1) is 0 Å². The molecule has 0 radical (unpaired) electrons. The van der Waals surface area contributed by atoms with Crippen LogP contribution in [0.25, 0.3) is 0 Å². The maximum atomic E-state index is 12.6. The molecule has 0 spiro atoms. The van der Waals surface area contributed by atoms with Crippen LogP contribution in [0.15, 0.2) is 36.4 Å². The summed E-state index contributed by atoms with van der Waals surface area (Å²) in [6, 6.07) is 10.7. The molecule has 1 aliphatic carbocycles. The van der Waals surface area contributed by atoms with Crippen LogP contribution in [0.5, 0.6) is 0 Å². The highest BCUT2D eigenvalue weighted by atomic mass is 32.1. The molecule has 0 saturated carbocycles. The SMILES string of the molecule is CN(C)C(=O)C(NC(=O)c1cc2c(s1)CCC2)c1ccccc1. The molecule has 1 N–H and O–H groups in total. The molecule has 1 atom stereocenters. The van der Waals surface area contributed by atoms with Crippen LogP contribution >= 0.6 is 11.3 Å². The molecule has 5 heteroatoms. The van der Waals surface area contributed by atoms with Crippen molar-refractivity contribution in [3.63, 3.8) is 0 Å². The molecule has 4 nitrogen and oxygen atoms in total. The highest BCUT2D eigenvalue weighted by Crippen LogP contribution is 2.31. The minimum absolute atomic E-state index is 0.131. The van der Waals surface area contributed by atoms with Crippen LogP contribution in [-0.2, 0) is 17.6 Å². The molecule has 23 heavy (non-hydrogen) atoms. The van der Waals surface area contributed by atoms with Crippen molar-refractivity contribution in [3.8, 4) is 0 Å². The summed E-state index contributed by atoms with van der Waals surface area (Å²) in [5.74, 6) is -0.304. The monoisotopic (exact) mass is 328 g/mol. The molecule has 1 aliphatic rings. The highest BCUT2D eigenvalue weighted by Gasteiger charge is 2.26. The topological polar surface area (TPSA) is 49.4 Å². The number of hydrogen-bond acceptors (Lipinski definition) is 3. The second kappa shape index (κ2) is 6.54. The lowest BCUT2D eigenvalue weighted by atomic mass is 10.1. The fraction of sp³-hybridized carbons (Fsp3) is 0.333.